The summed E-state index contributed by atoms with van der Waals surface area (Å²) in [6.07, 6.45) is 0.710. The lowest BCUT2D eigenvalue weighted by atomic mass is 10.2. The summed E-state index contributed by atoms with van der Waals surface area (Å²) in [6.45, 7) is 5.13. The SMILES string of the molecule is CCOc1ccc(NC(=O)COC(=O)c2cc(Cl)c3c(c2)OCCCO3)cc1OCC. The van der Waals surface area contributed by atoms with Gasteiger partial charge >= 0.3 is 5.97 Å². The van der Waals surface area contributed by atoms with E-state index in [9.17, 15) is 9.59 Å². The Labute approximate surface area is 185 Å². The molecule has 0 fully saturated rings. The first kappa shape index (κ1) is 22.6. The standard InChI is InChI=1S/C22H24ClNO7/c1-3-27-17-7-6-15(12-18(17)28-4-2)24-20(25)13-31-22(26)14-10-16(23)21-19(11-14)29-8-5-9-30-21/h6-7,10-12H,3-5,8-9,13H2,1-2H3,(H,24,25). The molecule has 1 amide bonds. The van der Waals surface area contributed by atoms with E-state index in [0.29, 0.717) is 61.5 Å². The molecule has 3 rings (SSSR count). The second kappa shape index (κ2) is 10.8. The summed E-state index contributed by atoms with van der Waals surface area (Å²) in [6, 6.07) is 7.95. The van der Waals surface area contributed by atoms with Crippen LogP contribution in [-0.4, -0.2) is 44.9 Å². The van der Waals surface area contributed by atoms with Crippen LogP contribution in [0.1, 0.15) is 30.6 Å². The van der Waals surface area contributed by atoms with E-state index in [-0.39, 0.29) is 10.6 Å². The molecule has 2 aromatic rings. The van der Waals surface area contributed by atoms with Crippen LogP contribution in [0, 0.1) is 0 Å². The Balaban J connectivity index is 1.61. The predicted molar refractivity (Wildman–Crippen MR) is 115 cm³/mol. The van der Waals surface area contributed by atoms with Gasteiger partial charge in [-0.3, -0.25) is 4.79 Å². The summed E-state index contributed by atoms with van der Waals surface area (Å²) in [7, 11) is 0. The first-order valence-corrected chi connectivity index (χ1v) is 10.3. The highest BCUT2D eigenvalue weighted by Crippen LogP contribution is 2.38. The molecule has 1 N–H and O–H groups in total. The zero-order valence-corrected chi connectivity index (χ0v) is 18.1. The second-order valence-corrected chi connectivity index (χ2v) is 6.89. The van der Waals surface area contributed by atoms with Crippen molar-refractivity contribution in [3.05, 3.63) is 40.9 Å². The van der Waals surface area contributed by atoms with Gasteiger partial charge < -0.3 is 29.0 Å². The Kier molecular flexibility index (Phi) is 7.83. The number of anilines is 1. The van der Waals surface area contributed by atoms with Crippen molar-refractivity contribution in [3.8, 4) is 23.0 Å². The number of carbonyl (C=O) groups excluding carboxylic acids is 2. The average Bonchev–Trinajstić information content (AvgIpc) is 3.00. The minimum Gasteiger partial charge on any atom is -0.490 e. The molecule has 0 atom stereocenters. The molecule has 0 aliphatic carbocycles. The number of amides is 1. The number of hydrogen-bond acceptors (Lipinski definition) is 7. The molecule has 0 unspecified atom stereocenters. The van der Waals surface area contributed by atoms with Crippen molar-refractivity contribution >= 4 is 29.2 Å². The van der Waals surface area contributed by atoms with Crippen LogP contribution in [0.5, 0.6) is 23.0 Å². The zero-order valence-electron chi connectivity index (χ0n) is 17.4. The molecule has 9 heteroatoms. The van der Waals surface area contributed by atoms with E-state index in [4.69, 9.17) is 35.3 Å². The highest BCUT2D eigenvalue weighted by Gasteiger charge is 2.20. The van der Waals surface area contributed by atoms with Crippen LogP contribution in [0.4, 0.5) is 5.69 Å². The number of halogens is 1. The third-order valence-electron chi connectivity index (χ3n) is 4.20. The van der Waals surface area contributed by atoms with Gasteiger partial charge in [0.2, 0.25) is 0 Å². The third kappa shape index (κ3) is 5.95. The van der Waals surface area contributed by atoms with Gasteiger partial charge in [-0.2, -0.15) is 0 Å². The summed E-state index contributed by atoms with van der Waals surface area (Å²) >= 11 is 6.20. The topological polar surface area (TPSA) is 92.3 Å². The van der Waals surface area contributed by atoms with Crippen LogP contribution in [0.25, 0.3) is 0 Å². The van der Waals surface area contributed by atoms with Gasteiger partial charge in [0.1, 0.15) is 0 Å². The molecule has 0 spiro atoms. The third-order valence-corrected chi connectivity index (χ3v) is 4.48. The number of benzene rings is 2. The highest BCUT2D eigenvalue weighted by atomic mass is 35.5. The minimum atomic E-state index is -0.700. The van der Waals surface area contributed by atoms with Gasteiger partial charge in [0.05, 0.1) is 37.0 Å². The van der Waals surface area contributed by atoms with E-state index in [2.05, 4.69) is 5.32 Å². The van der Waals surface area contributed by atoms with Crippen molar-refractivity contribution in [2.45, 2.75) is 20.3 Å². The molecular formula is C22H24ClNO7. The normalized spacial score (nSPS) is 12.5. The molecule has 0 bridgehead atoms. The van der Waals surface area contributed by atoms with Crippen LogP contribution in [0.3, 0.4) is 0 Å². The summed E-state index contributed by atoms with van der Waals surface area (Å²) in [4.78, 5) is 24.6. The van der Waals surface area contributed by atoms with Crippen molar-refractivity contribution in [2.75, 3.05) is 38.4 Å². The zero-order chi connectivity index (χ0) is 22.2. The Morgan fingerprint density at radius 3 is 2.55 bits per heavy atom. The number of rotatable bonds is 8. The number of ether oxygens (including phenoxy) is 5. The smallest absolute Gasteiger partial charge is 0.338 e. The Hall–Kier alpha value is -3.13. The largest absolute Gasteiger partial charge is 0.490 e. The summed E-state index contributed by atoms with van der Waals surface area (Å²) in [5.41, 5.74) is 0.660. The van der Waals surface area contributed by atoms with Crippen LogP contribution in [0.15, 0.2) is 30.3 Å². The molecule has 1 heterocycles. The monoisotopic (exact) mass is 449 g/mol. The lowest BCUT2D eigenvalue weighted by molar-refractivity contribution is -0.119. The molecule has 0 aromatic heterocycles. The fourth-order valence-electron chi connectivity index (χ4n) is 2.89. The second-order valence-electron chi connectivity index (χ2n) is 6.49. The molecule has 0 saturated heterocycles. The van der Waals surface area contributed by atoms with Crippen molar-refractivity contribution < 1.29 is 33.3 Å². The molecule has 0 radical (unpaired) electrons. The number of nitrogens with one attached hydrogen (secondary N) is 1. The van der Waals surface area contributed by atoms with Gasteiger partial charge in [0.25, 0.3) is 5.91 Å². The summed E-state index contributed by atoms with van der Waals surface area (Å²) in [5, 5.41) is 2.91. The van der Waals surface area contributed by atoms with Crippen LogP contribution in [-0.2, 0) is 9.53 Å². The average molecular weight is 450 g/mol. The van der Waals surface area contributed by atoms with Crippen molar-refractivity contribution in [3.63, 3.8) is 0 Å². The van der Waals surface area contributed by atoms with Crippen LogP contribution >= 0.6 is 11.6 Å². The fourth-order valence-corrected chi connectivity index (χ4v) is 3.15. The predicted octanol–water partition coefficient (Wildman–Crippen LogP) is 4.09. The van der Waals surface area contributed by atoms with Crippen molar-refractivity contribution in [2.24, 2.45) is 0 Å². The highest BCUT2D eigenvalue weighted by molar-refractivity contribution is 6.32. The molecule has 2 aromatic carbocycles. The van der Waals surface area contributed by atoms with E-state index in [1.54, 1.807) is 18.2 Å². The molecule has 0 saturated carbocycles. The molecule has 1 aliphatic heterocycles. The maximum Gasteiger partial charge on any atom is 0.338 e. The summed E-state index contributed by atoms with van der Waals surface area (Å²) in [5.74, 6) is 0.671. The minimum absolute atomic E-state index is 0.168. The first-order valence-electron chi connectivity index (χ1n) is 9.97. The Morgan fingerprint density at radius 1 is 1.03 bits per heavy atom. The molecule has 31 heavy (non-hydrogen) atoms. The van der Waals surface area contributed by atoms with E-state index in [0.717, 1.165) is 0 Å². The molecule has 8 nitrogen and oxygen atoms in total. The lowest BCUT2D eigenvalue weighted by Crippen LogP contribution is -2.21. The maximum atomic E-state index is 12.4. The van der Waals surface area contributed by atoms with Crippen molar-refractivity contribution in [1.82, 2.24) is 0 Å². The molecule has 1 aliphatic rings. The number of hydrogen-bond donors (Lipinski definition) is 1. The molecule has 166 valence electrons. The summed E-state index contributed by atoms with van der Waals surface area (Å²) < 4.78 is 27.3. The quantitative estimate of drug-likeness (QED) is 0.606. The van der Waals surface area contributed by atoms with Crippen molar-refractivity contribution in [1.29, 1.82) is 0 Å². The van der Waals surface area contributed by atoms with Gasteiger partial charge in [-0.25, -0.2) is 4.79 Å². The van der Waals surface area contributed by atoms with Gasteiger partial charge in [0.15, 0.2) is 29.6 Å². The number of fused-ring (bicyclic) bond motifs is 1. The number of esters is 1. The first-order chi connectivity index (χ1) is 15.0. The van der Waals surface area contributed by atoms with E-state index >= 15 is 0 Å². The maximum absolute atomic E-state index is 12.4. The molecular weight excluding hydrogens is 426 g/mol. The number of carbonyl (C=O) groups is 2. The van der Waals surface area contributed by atoms with E-state index in [1.165, 1.54) is 12.1 Å². The van der Waals surface area contributed by atoms with Gasteiger partial charge in [0, 0.05) is 18.2 Å². The lowest BCUT2D eigenvalue weighted by Gasteiger charge is -2.13. The van der Waals surface area contributed by atoms with Gasteiger partial charge in [-0.05, 0) is 38.1 Å². The van der Waals surface area contributed by atoms with E-state index < -0.39 is 18.5 Å². The Morgan fingerprint density at radius 2 is 1.77 bits per heavy atom. The Bertz CT molecular complexity index is 948. The van der Waals surface area contributed by atoms with Crippen LogP contribution in [0.2, 0.25) is 5.02 Å². The van der Waals surface area contributed by atoms with E-state index in [1.807, 2.05) is 13.8 Å². The van der Waals surface area contributed by atoms with Crippen LogP contribution < -0.4 is 24.3 Å². The van der Waals surface area contributed by atoms with Gasteiger partial charge in [-0.1, -0.05) is 11.6 Å². The van der Waals surface area contributed by atoms with Gasteiger partial charge in [-0.15, -0.1) is 0 Å². The fraction of sp³-hybridized carbons (Fsp3) is 0.364.